The van der Waals surface area contributed by atoms with Gasteiger partial charge in [0.05, 0.1) is 0 Å². The van der Waals surface area contributed by atoms with Crippen molar-refractivity contribution in [2.24, 2.45) is 0 Å². The Morgan fingerprint density at radius 1 is 0.789 bits per heavy atom. The Kier molecular flexibility index (Phi) is 4.04. The molecule has 0 aromatic heterocycles. The maximum absolute atomic E-state index is 10.00. The summed E-state index contributed by atoms with van der Waals surface area (Å²) in [4.78, 5) is 0. The van der Waals surface area contributed by atoms with Gasteiger partial charge in [0.1, 0.15) is 5.75 Å². The first kappa shape index (κ1) is 12.9. The van der Waals surface area contributed by atoms with E-state index in [1.165, 1.54) is 49.7 Å². The molecular weight excluding hydrogens is 236 g/mol. The Labute approximate surface area is 115 Å². The van der Waals surface area contributed by atoms with E-state index in [1.54, 1.807) is 0 Å². The van der Waals surface area contributed by atoms with Crippen LogP contribution in [0.5, 0.6) is 5.75 Å². The van der Waals surface area contributed by atoms with Gasteiger partial charge >= 0.3 is 0 Å². The van der Waals surface area contributed by atoms with Gasteiger partial charge in [-0.2, -0.15) is 0 Å². The molecule has 0 radical (unpaired) electrons. The minimum atomic E-state index is 0.409. The van der Waals surface area contributed by atoms with Crippen LogP contribution in [0.15, 0.2) is 18.2 Å². The number of benzene rings is 1. The van der Waals surface area contributed by atoms with Gasteiger partial charge < -0.3 is 15.7 Å². The van der Waals surface area contributed by atoms with Gasteiger partial charge in [0, 0.05) is 12.1 Å². The fourth-order valence-corrected chi connectivity index (χ4v) is 3.33. The van der Waals surface area contributed by atoms with E-state index >= 15 is 0 Å². The highest BCUT2D eigenvalue weighted by atomic mass is 16.3. The number of nitrogens with one attached hydrogen (secondary N) is 2. The topological polar surface area (TPSA) is 44.3 Å². The molecule has 19 heavy (non-hydrogen) atoms. The minimum absolute atomic E-state index is 0.409. The van der Waals surface area contributed by atoms with E-state index in [-0.39, 0.29) is 0 Å². The third kappa shape index (κ3) is 3.10. The Morgan fingerprint density at radius 2 is 1.32 bits per heavy atom. The van der Waals surface area contributed by atoms with E-state index in [0.29, 0.717) is 17.8 Å². The van der Waals surface area contributed by atoms with E-state index in [0.717, 1.165) is 13.1 Å². The van der Waals surface area contributed by atoms with Crippen molar-refractivity contribution >= 4 is 0 Å². The van der Waals surface area contributed by atoms with Gasteiger partial charge in [-0.1, -0.05) is 18.9 Å². The zero-order valence-electron chi connectivity index (χ0n) is 11.5. The zero-order valence-corrected chi connectivity index (χ0v) is 11.5. The van der Waals surface area contributed by atoms with Crippen molar-refractivity contribution < 1.29 is 5.11 Å². The van der Waals surface area contributed by atoms with E-state index in [9.17, 15) is 5.11 Å². The summed E-state index contributed by atoms with van der Waals surface area (Å²) in [6.45, 7) is 2.19. The summed E-state index contributed by atoms with van der Waals surface area (Å²) < 4.78 is 0. The third-order valence-electron chi connectivity index (χ3n) is 4.39. The number of hydrogen-bond donors (Lipinski definition) is 3. The number of phenols is 1. The molecule has 104 valence electrons. The average molecular weight is 260 g/mol. The Hall–Kier alpha value is -1.06. The van der Waals surface area contributed by atoms with Gasteiger partial charge in [-0.05, 0) is 62.0 Å². The quantitative estimate of drug-likeness (QED) is 0.766. The summed E-state index contributed by atoms with van der Waals surface area (Å²) in [5, 5.41) is 17.1. The molecule has 2 heterocycles. The van der Waals surface area contributed by atoms with Crippen LogP contribution in [0.1, 0.15) is 61.7 Å². The molecule has 2 aliphatic rings. The number of piperidine rings is 2. The first-order chi connectivity index (χ1) is 9.33. The lowest BCUT2D eigenvalue weighted by molar-refractivity contribution is 0.399. The second-order valence-electron chi connectivity index (χ2n) is 5.86. The Bertz CT molecular complexity index is 385. The predicted octanol–water partition coefficient (Wildman–Crippen LogP) is 3.02. The van der Waals surface area contributed by atoms with Crippen LogP contribution >= 0.6 is 0 Å². The standard InChI is InChI=1S/C16H24N2O/c19-14-10-12(15-5-1-3-7-17-15)9-13(11-14)16-6-2-4-8-18-16/h9-11,15-19H,1-8H2. The van der Waals surface area contributed by atoms with Gasteiger partial charge in [-0.15, -0.1) is 0 Å². The first-order valence-corrected chi connectivity index (χ1v) is 7.63. The Morgan fingerprint density at radius 3 is 1.74 bits per heavy atom. The summed E-state index contributed by atoms with van der Waals surface area (Å²) in [6.07, 6.45) is 7.47. The maximum Gasteiger partial charge on any atom is 0.116 e. The maximum atomic E-state index is 10.00. The lowest BCUT2D eigenvalue weighted by Crippen LogP contribution is -2.28. The van der Waals surface area contributed by atoms with Crippen LogP contribution in [0.2, 0.25) is 0 Å². The molecular formula is C16H24N2O. The summed E-state index contributed by atoms with van der Waals surface area (Å²) in [7, 11) is 0. The van der Waals surface area contributed by atoms with Gasteiger partial charge in [-0.3, -0.25) is 0 Å². The van der Waals surface area contributed by atoms with Crippen molar-refractivity contribution in [1.82, 2.24) is 10.6 Å². The molecule has 2 aliphatic heterocycles. The molecule has 0 saturated carbocycles. The van der Waals surface area contributed by atoms with E-state index in [1.807, 2.05) is 12.1 Å². The zero-order chi connectivity index (χ0) is 13.1. The molecule has 3 nitrogen and oxygen atoms in total. The van der Waals surface area contributed by atoms with Crippen molar-refractivity contribution in [2.45, 2.75) is 50.6 Å². The van der Waals surface area contributed by atoms with Crippen LogP contribution in [0.25, 0.3) is 0 Å². The average Bonchev–Trinajstić information content (AvgIpc) is 2.48. The smallest absolute Gasteiger partial charge is 0.116 e. The second kappa shape index (κ2) is 5.93. The van der Waals surface area contributed by atoms with Gasteiger partial charge in [0.25, 0.3) is 0 Å². The number of rotatable bonds is 2. The molecule has 0 spiro atoms. The van der Waals surface area contributed by atoms with Crippen molar-refractivity contribution in [3.8, 4) is 5.75 Å². The molecule has 3 heteroatoms. The van der Waals surface area contributed by atoms with Crippen molar-refractivity contribution in [3.05, 3.63) is 29.3 Å². The first-order valence-electron chi connectivity index (χ1n) is 7.63. The molecule has 2 unspecified atom stereocenters. The second-order valence-corrected chi connectivity index (χ2v) is 5.86. The molecule has 3 N–H and O–H groups in total. The molecule has 0 bridgehead atoms. The third-order valence-corrected chi connectivity index (χ3v) is 4.39. The fourth-order valence-electron chi connectivity index (χ4n) is 3.33. The number of aromatic hydroxyl groups is 1. The Balaban J connectivity index is 1.82. The van der Waals surface area contributed by atoms with E-state index < -0.39 is 0 Å². The fraction of sp³-hybridized carbons (Fsp3) is 0.625. The van der Waals surface area contributed by atoms with Crippen LogP contribution < -0.4 is 10.6 Å². The predicted molar refractivity (Wildman–Crippen MR) is 77.3 cm³/mol. The van der Waals surface area contributed by atoms with Crippen molar-refractivity contribution in [3.63, 3.8) is 0 Å². The van der Waals surface area contributed by atoms with Gasteiger partial charge in [0.15, 0.2) is 0 Å². The van der Waals surface area contributed by atoms with Crippen LogP contribution in [0.4, 0.5) is 0 Å². The SMILES string of the molecule is Oc1cc(C2CCCCN2)cc(C2CCCCN2)c1. The van der Waals surface area contributed by atoms with Crippen LogP contribution in [-0.2, 0) is 0 Å². The summed E-state index contributed by atoms with van der Waals surface area (Å²) >= 11 is 0. The number of hydrogen-bond acceptors (Lipinski definition) is 3. The highest BCUT2D eigenvalue weighted by Crippen LogP contribution is 2.31. The molecule has 1 aromatic carbocycles. The molecule has 0 amide bonds. The monoisotopic (exact) mass is 260 g/mol. The van der Waals surface area contributed by atoms with E-state index in [2.05, 4.69) is 16.7 Å². The highest BCUT2D eigenvalue weighted by molar-refractivity contribution is 5.37. The molecule has 3 rings (SSSR count). The molecule has 2 fully saturated rings. The van der Waals surface area contributed by atoms with Gasteiger partial charge in [-0.25, -0.2) is 0 Å². The molecule has 2 atom stereocenters. The molecule has 2 saturated heterocycles. The lowest BCUT2D eigenvalue weighted by atomic mass is 9.91. The van der Waals surface area contributed by atoms with Crippen molar-refractivity contribution in [1.29, 1.82) is 0 Å². The van der Waals surface area contributed by atoms with Crippen LogP contribution in [0, 0.1) is 0 Å². The summed E-state index contributed by atoms with van der Waals surface area (Å²) in [5.41, 5.74) is 2.50. The van der Waals surface area contributed by atoms with Crippen LogP contribution in [-0.4, -0.2) is 18.2 Å². The summed E-state index contributed by atoms with van der Waals surface area (Å²) in [5.74, 6) is 0.409. The normalized spacial score (nSPS) is 28.2. The van der Waals surface area contributed by atoms with Crippen molar-refractivity contribution in [2.75, 3.05) is 13.1 Å². The highest BCUT2D eigenvalue weighted by Gasteiger charge is 2.19. The minimum Gasteiger partial charge on any atom is -0.508 e. The lowest BCUT2D eigenvalue weighted by Gasteiger charge is -2.27. The van der Waals surface area contributed by atoms with Crippen LogP contribution in [0.3, 0.4) is 0 Å². The summed E-state index contributed by atoms with van der Waals surface area (Å²) in [6, 6.07) is 6.97. The van der Waals surface area contributed by atoms with E-state index in [4.69, 9.17) is 0 Å². The molecule has 0 aliphatic carbocycles. The number of phenolic OH excluding ortho intramolecular Hbond substituents is 1. The molecule has 1 aromatic rings. The van der Waals surface area contributed by atoms with Gasteiger partial charge in [0.2, 0.25) is 0 Å². The largest absolute Gasteiger partial charge is 0.508 e.